The van der Waals surface area contributed by atoms with Gasteiger partial charge in [-0.15, -0.1) is 0 Å². The Morgan fingerprint density at radius 2 is 2.00 bits per heavy atom. The van der Waals surface area contributed by atoms with Crippen molar-refractivity contribution >= 4 is 45.7 Å². The summed E-state index contributed by atoms with van der Waals surface area (Å²) in [5.41, 5.74) is 1.20. The van der Waals surface area contributed by atoms with Crippen molar-refractivity contribution in [3.05, 3.63) is 46.7 Å². The van der Waals surface area contributed by atoms with E-state index in [1.165, 1.54) is 0 Å². The molecule has 2 heterocycles. The highest BCUT2D eigenvalue weighted by Gasteiger charge is 2.11. The van der Waals surface area contributed by atoms with Crippen LogP contribution in [0.2, 0.25) is 10.0 Å². The highest BCUT2D eigenvalue weighted by molar-refractivity contribution is 6.35. The van der Waals surface area contributed by atoms with Gasteiger partial charge in [0.05, 0.1) is 27.3 Å². The van der Waals surface area contributed by atoms with Crippen LogP contribution in [0.15, 0.2) is 41.2 Å². The van der Waals surface area contributed by atoms with Gasteiger partial charge in [0.25, 0.3) is 0 Å². The van der Waals surface area contributed by atoms with Gasteiger partial charge in [0.15, 0.2) is 11.4 Å². The summed E-state index contributed by atoms with van der Waals surface area (Å²) < 4.78 is 5.18. The summed E-state index contributed by atoms with van der Waals surface area (Å²) in [5.74, 6) is 0.558. The molecule has 90 valence electrons. The van der Waals surface area contributed by atoms with Crippen molar-refractivity contribution in [2.24, 2.45) is 0 Å². The number of halogens is 2. The van der Waals surface area contributed by atoms with E-state index in [0.29, 0.717) is 27.1 Å². The maximum atomic E-state index is 6.04. The smallest absolute Gasteiger partial charge is 0.187 e. The first kappa shape index (κ1) is 11.3. The van der Waals surface area contributed by atoms with Crippen molar-refractivity contribution in [3.8, 4) is 0 Å². The maximum Gasteiger partial charge on any atom is 0.187 e. The molecular weight excluding hydrogens is 273 g/mol. The van der Waals surface area contributed by atoms with E-state index in [4.69, 9.17) is 27.7 Å². The molecule has 0 fully saturated rings. The van der Waals surface area contributed by atoms with Crippen LogP contribution in [0.3, 0.4) is 0 Å². The zero-order chi connectivity index (χ0) is 12.5. The van der Waals surface area contributed by atoms with Gasteiger partial charge in [-0.25, -0.2) is 0 Å². The van der Waals surface area contributed by atoms with Gasteiger partial charge in [0.2, 0.25) is 0 Å². The number of nitrogens with zero attached hydrogens (tertiary/aromatic N) is 2. The fourth-order valence-electron chi connectivity index (χ4n) is 1.62. The van der Waals surface area contributed by atoms with E-state index in [1.807, 2.05) is 12.1 Å². The molecule has 0 aliphatic carbocycles. The third-order valence-electron chi connectivity index (χ3n) is 2.47. The van der Waals surface area contributed by atoms with Gasteiger partial charge >= 0.3 is 0 Å². The van der Waals surface area contributed by atoms with E-state index in [1.54, 1.807) is 24.5 Å². The Labute approximate surface area is 113 Å². The van der Waals surface area contributed by atoms with Crippen LogP contribution >= 0.6 is 23.2 Å². The SMILES string of the molecule is Clc1ccncc1Nc1noc2c(Cl)cccc12. The molecule has 0 amide bonds. The molecule has 0 aliphatic heterocycles. The van der Waals surface area contributed by atoms with E-state index in [9.17, 15) is 0 Å². The molecule has 0 atom stereocenters. The van der Waals surface area contributed by atoms with Crippen LogP contribution in [-0.4, -0.2) is 10.1 Å². The molecule has 1 N–H and O–H groups in total. The summed E-state index contributed by atoms with van der Waals surface area (Å²) in [5, 5.41) is 8.87. The molecule has 0 saturated heterocycles. The normalized spacial score (nSPS) is 10.8. The minimum atomic E-state index is 0.519. The van der Waals surface area contributed by atoms with E-state index in [-0.39, 0.29) is 0 Å². The second kappa shape index (κ2) is 4.48. The first-order chi connectivity index (χ1) is 8.75. The predicted octanol–water partition coefficient (Wildman–Crippen LogP) is 4.27. The zero-order valence-electron chi connectivity index (χ0n) is 9.02. The minimum Gasteiger partial charge on any atom is -0.352 e. The zero-order valence-corrected chi connectivity index (χ0v) is 10.5. The van der Waals surface area contributed by atoms with Crippen molar-refractivity contribution in [1.82, 2.24) is 10.1 Å². The van der Waals surface area contributed by atoms with Crippen molar-refractivity contribution < 1.29 is 4.52 Å². The number of hydrogen-bond donors (Lipinski definition) is 1. The fourth-order valence-corrected chi connectivity index (χ4v) is 1.98. The number of rotatable bonds is 2. The Morgan fingerprint density at radius 3 is 2.83 bits per heavy atom. The molecule has 0 unspecified atom stereocenters. The van der Waals surface area contributed by atoms with Gasteiger partial charge in [-0.3, -0.25) is 4.98 Å². The second-order valence-corrected chi connectivity index (χ2v) is 4.44. The monoisotopic (exact) mass is 279 g/mol. The molecule has 1 aromatic carbocycles. The second-order valence-electron chi connectivity index (χ2n) is 3.63. The maximum absolute atomic E-state index is 6.04. The summed E-state index contributed by atoms with van der Waals surface area (Å²) in [6, 6.07) is 7.14. The van der Waals surface area contributed by atoms with Crippen molar-refractivity contribution in [2.75, 3.05) is 5.32 Å². The van der Waals surface area contributed by atoms with Crippen LogP contribution in [0.1, 0.15) is 0 Å². The summed E-state index contributed by atoms with van der Waals surface area (Å²) in [7, 11) is 0. The highest BCUT2D eigenvalue weighted by atomic mass is 35.5. The summed E-state index contributed by atoms with van der Waals surface area (Å²) >= 11 is 12.0. The molecule has 0 bridgehead atoms. The summed E-state index contributed by atoms with van der Waals surface area (Å²) in [4.78, 5) is 3.99. The molecule has 18 heavy (non-hydrogen) atoms. The Kier molecular flexibility index (Phi) is 2.81. The lowest BCUT2D eigenvalue weighted by atomic mass is 10.2. The lowest BCUT2D eigenvalue weighted by Crippen LogP contribution is -1.92. The van der Waals surface area contributed by atoms with Gasteiger partial charge in [-0.05, 0) is 18.2 Å². The molecule has 0 aliphatic rings. The van der Waals surface area contributed by atoms with E-state index in [2.05, 4.69) is 15.5 Å². The fraction of sp³-hybridized carbons (Fsp3) is 0. The third-order valence-corrected chi connectivity index (χ3v) is 3.10. The number of nitrogens with one attached hydrogen (secondary N) is 1. The average molecular weight is 280 g/mol. The quantitative estimate of drug-likeness (QED) is 0.761. The Morgan fingerprint density at radius 1 is 1.11 bits per heavy atom. The number of pyridine rings is 1. The van der Waals surface area contributed by atoms with Crippen LogP contribution in [-0.2, 0) is 0 Å². The largest absolute Gasteiger partial charge is 0.352 e. The van der Waals surface area contributed by atoms with Crippen molar-refractivity contribution in [3.63, 3.8) is 0 Å². The number of hydrogen-bond acceptors (Lipinski definition) is 4. The average Bonchev–Trinajstić information content (AvgIpc) is 2.77. The number of aromatic nitrogens is 2. The van der Waals surface area contributed by atoms with Crippen LogP contribution in [0, 0.1) is 0 Å². The first-order valence-electron chi connectivity index (χ1n) is 5.16. The molecule has 3 rings (SSSR count). The molecule has 0 saturated carbocycles. The van der Waals surface area contributed by atoms with E-state index in [0.717, 1.165) is 5.39 Å². The van der Waals surface area contributed by atoms with E-state index < -0.39 is 0 Å². The molecule has 3 aromatic rings. The van der Waals surface area contributed by atoms with E-state index >= 15 is 0 Å². The number of benzene rings is 1. The highest BCUT2D eigenvalue weighted by Crippen LogP contribution is 2.31. The van der Waals surface area contributed by atoms with Gasteiger partial charge < -0.3 is 9.84 Å². The summed E-state index contributed by atoms with van der Waals surface area (Å²) in [6.45, 7) is 0. The molecule has 2 aromatic heterocycles. The van der Waals surface area contributed by atoms with Gasteiger partial charge in [0, 0.05) is 6.20 Å². The molecule has 0 radical (unpaired) electrons. The number of fused-ring (bicyclic) bond motifs is 1. The molecular formula is C12H7Cl2N3O. The summed E-state index contributed by atoms with van der Waals surface area (Å²) in [6.07, 6.45) is 3.23. The Bertz CT molecular complexity index is 711. The van der Waals surface area contributed by atoms with Gasteiger partial charge in [0.1, 0.15) is 0 Å². The van der Waals surface area contributed by atoms with Crippen LogP contribution in [0.4, 0.5) is 11.5 Å². The Balaban J connectivity index is 2.06. The first-order valence-corrected chi connectivity index (χ1v) is 5.92. The standard InChI is InChI=1S/C12H7Cl2N3O/c13-8-4-5-15-6-10(8)16-12-7-2-1-3-9(14)11(7)18-17-12/h1-6H,(H,16,17). The minimum absolute atomic E-state index is 0.519. The van der Waals surface area contributed by atoms with Crippen LogP contribution in [0.25, 0.3) is 11.0 Å². The van der Waals surface area contributed by atoms with Crippen LogP contribution in [0.5, 0.6) is 0 Å². The van der Waals surface area contributed by atoms with Gasteiger partial charge in [-0.2, -0.15) is 0 Å². The van der Waals surface area contributed by atoms with Gasteiger partial charge in [-0.1, -0.05) is 34.4 Å². The number of para-hydroxylation sites is 1. The predicted molar refractivity (Wildman–Crippen MR) is 71.5 cm³/mol. The van der Waals surface area contributed by atoms with Crippen LogP contribution < -0.4 is 5.32 Å². The molecule has 4 nitrogen and oxygen atoms in total. The molecule has 0 spiro atoms. The third kappa shape index (κ3) is 1.89. The molecule has 6 heteroatoms. The van der Waals surface area contributed by atoms with Crippen molar-refractivity contribution in [1.29, 1.82) is 0 Å². The number of anilines is 2. The Hall–Kier alpha value is -1.78. The lowest BCUT2D eigenvalue weighted by molar-refractivity contribution is 0.460. The topological polar surface area (TPSA) is 51.0 Å². The van der Waals surface area contributed by atoms with Crippen molar-refractivity contribution in [2.45, 2.75) is 0 Å². The lowest BCUT2D eigenvalue weighted by Gasteiger charge is -2.03.